The van der Waals surface area contributed by atoms with Crippen molar-refractivity contribution >= 4 is 32.1 Å². The first-order valence-electron chi connectivity index (χ1n) is 9.54. The summed E-state index contributed by atoms with van der Waals surface area (Å²) in [7, 11) is -3.75. The van der Waals surface area contributed by atoms with Gasteiger partial charge in [-0.1, -0.05) is 42.5 Å². The SMILES string of the molecule is O=S(=O)(NC(Cc1nc2ccccc2[nH]1)c1nc2ccccc2[nH]1)c1ccccc1. The molecule has 5 aromatic rings. The minimum Gasteiger partial charge on any atom is -0.342 e. The Labute approximate surface area is 173 Å². The maximum atomic E-state index is 13.0. The van der Waals surface area contributed by atoms with Crippen LogP contribution in [0.1, 0.15) is 17.7 Å². The molecular formula is C22H19N5O2S. The summed E-state index contributed by atoms with van der Waals surface area (Å²) in [6.45, 7) is 0. The fourth-order valence-electron chi connectivity index (χ4n) is 3.48. The summed E-state index contributed by atoms with van der Waals surface area (Å²) >= 11 is 0. The number of benzene rings is 3. The number of hydrogen-bond acceptors (Lipinski definition) is 4. The summed E-state index contributed by atoms with van der Waals surface area (Å²) in [5.74, 6) is 1.22. The second-order valence-corrected chi connectivity index (χ2v) is 8.74. The molecule has 1 atom stereocenters. The van der Waals surface area contributed by atoms with Crippen LogP contribution in [0, 0.1) is 0 Å². The number of nitrogens with zero attached hydrogens (tertiary/aromatic N) is 2. The topological polar surface area (TPSA) is 104 Å². The maximum absolute atomic E-state index is 13.0. The van der Waals surface area contributed by atoms with Crippen molar-refractivity contribution in [3.63, 3.8) is 0 Å². The van der Waals surface area contributed by atoms with Crippen molar-refractivity contribution in [3.05, 3.63) is 90.5 Å². The monoisotopic (exact) mass is 417 g/mol. The van der Waals surface area contributed by atoms with Crippen LogP contribution in [-0.4, -0.2) is 28.4 Å². The van der Waals surface area contributed by atoms with Gasteiger partial charge in [-0.25, -0.2) is 23.1 Å². The predicted molar refractivity (Wildman–Crippen MR) is 115 cm³/mol. The standard InChI is InChI=1S/C22H19N5O2S/c28-30(29,15-8-2-1-3-9-15)27-20(22-25-18-12-6-7-13-19(18)26-22)14-21-23-16-10-4-5-11-17(16)24-21/h1-13,20,27H,14H2,(H,23,24)(H,25,26). The second-order valence-electron chi connectivity index (χ2n) is 7.03. The van der Waals surface area contributed by atoms with Crippen molar-refractivity contribution in [3.8, 4) is 0 Å². The van der Waals surface area contributed by atoms with Gasteiger partial charge in [0.25, 0.3) is 0 Å². The molecule has 1 unspecified atom stereocenters. The molecule has 5 rings (SSSR count). The number of rotatable bonds is 6. The predicted octanol–water partition coefficient (Wildman–Crippen LogP) is 3.70. The molecule has 0 fully saturated rings. The highest BCUT2D eigenvalue weighted by molar-refractivity contribution is 7.89. The van der Waals surface area contributed by atoms with E-state index in [0.29, 0.717) is 18.1 Å². The fraction of sp³-hybridized carbons (Fsp3) is 0.0909. The Hall–Kier alpha value is -3.49. The zero-order chi connectivity index (χ0) is 20.6. The summed E-state index contributed by atoms with van der Waals surface area (Å²) in [6, 6.07) is 23.0. The molecule has 7 nitrogen and oxygen atoms in total. The Bertz CT molecular complexity index is 1360. The molecular weight excluding hydrogens is 398 g/mol. The van der Waals surface area contributed by atoms with Crippen LogP contribution in [0.2, 0.25) is 0 Å². The van der Waals surface area contributed by atoms with Gasteiger partial charge in [0, 0.05) is 6.42 Å². The molecule has 2 aromatic heterocycles. The molecule has 2 heterocycles. The third-order valence-electron chi connectivity index (χ3n) is 4.92. The lowest BCUT2D eigenvalue weighted by molar-refractivity contribution is 0.541. The quantitative estimate of drug-likeness (QED) is 0.392. The Balaban J connectivity index is 1.54. The summed E-state index contributed by atoms with van der Waals surface area (Å²) in [6.07, 6.45) is 0.320. The summed E-state index contributed by atoms with van der Waals surface area (Å²) in [5.41, 5.74) is 3.37. The fourth-order valence-corrected chi connectivity index (χ4v) is 4.70. The van der Waals surface area contributed by atoms with Gasteiger partial charge < -0.3 is 9.97 Å². The molecule has 0 aliphatic rings. The number of sulfonamides is 1. The first-order valence-corrected chi connectivity index (χ1v) is 11.0. The molecule has 0 saturated carbocycles. The lowest BCUT2D eigenvalue weighted by Crippen LogP contribution is -2.31. The highest BCUT2D eigenvalue weighted by Crippen LogP contribution is 2.22. The summed E-state index contributed by atoms with van der Waals surface area (Å²) < 4.78 is 28.8. The highest BCUT2D eigenvalue weighted by Gasteiger charge is 2.25. The van der Waals surface area contributed by atoms with Gasteiger partial charge in [-0.3, -0.25) is 0 Å². The smallest absolute Gasteiger partial charge is 0.241 e. The third-order valence-corrected chi connectivity index (χ3v) is 6.41. The molecule has 0 spiro atoms. The van der Waals surface area contributed by atoms with Crippen molar-refractivity contribution in [2.75, 3.05) is 0 Å². The summed E-state index contributed by atoms with van der Waals surface area (Å²) in [4.78, 5) is 15.9. The Kier molecular flexibility index (Phi) is 4.57. The van der Waals surface area contributed by atoms with E-state index in [1.165, 1.54) is 0 Å². The molecule has 3 N–H and O–H groups in total. The van der Waals surface area contributed by atoms with Crippen molar-refractivity contribution < 1.29 is 8.42 Å². The van der Waals surface area contributed by atoms with Crippen LogP contribution < -0.4 is 4.72 Å². The molecule has 0 radical (unpaired) electrons. The van der Waals surface area contributed by atoms with E-state index in [-0.39, 0.29) is 4.90 Å². The minimum atomic E-state index is -3.75. The Morgan fingerprint density at radius 3 is 2.03 bits per heavy atom. The first kappa shape index (κ1) is 18.5. The lowest BCUT2D eigenvalue weighted by atomic mass is 10.2. The maximum Gasteiger partial charge on any atom is 0.241 e. The normalized spacial score (nSPS) is 13.1. The van der Waals surface area contributed by atoms with E-state index in [1.54, 1.807) is 30.3 Å². The van der Waals surface area contributed by atoms with Gasteiger partial charge in [0.15, 0.2) is 0 Å². The van der Waals surface area contributed by atoms with E-state index in [1.807, 2.05) is 48.5 Å². The van der Waals surface area contributed by atoms with Crippen LogP contribution in [0.3, 0.4) is 0 Å². The van der Waals surface area contributed by atoms with Gasteiger partial charge in [-0.2, -0.15) is 0 Å². The van der Waals surface area contributed by atoms with Crippen LogP contribution in [-0.2, 0) is 16.4 Å². The zero-order valence-corrected chi connectivity index (χ0v) is 16.7. The summed E-state index contributed by atoms with van der Waals surface area (Å²) in [5, 5.41) is 0. The van der Waals surface area contributed by atoms with Gasteiger partial charge in [0.1, 0.15) is 11.6 Å². The third kappa shape index (κ3) is 3.58. The number of imidazole rings is 2. The van der Waals surface area contributed by atoms with E-state index in [2.05, 4.69) is 24.7 Å². The molecule has 3 aromatic carbocycles. The highest BCUT2D eigenvalue weighted by atomic mass is 32.2. The van der Waals surface area contributed by atoms with Gasteiger partial charge in [-0.15, -0.1) is 0 Å². The number of H-pyrrole nitrogens is 2. The Morgan fingerprint density at radius 1 is 0.767 bits per heavy atom. The van der Waals surface area contributed by atoms with Crippen molar-refractivity contribution in [2.45, 2.75) is 17.4 Å². The van der Waals surface area contributed by atoms with Crippen LogP contribution >= 0.6 is 0 Å². The van der Waals surface area contributed by atoms with E-state index < -0.39 is 16.1 Å². The van der Waals surface area contributed by atoms with Crippen molar-refractivity contribution in [1.29, 1.82) is 0 Å². The van der Waals surface area contributed by atoms with E-state index in [4.69, 9.17) is 0 Å². The van der Waals surface area contributed by atoms with E-state index in [0.717, 1.165) is 22.1 Å². The number of aromatic nitrogens is 4. The molecule has 0 amide bonds. The molecule has 0 bridgehead atoms. The molecule has 8 heteroatoms. The molecule has 0 aliphatic heterocycles. The molecule has 30 heavy (non-hydrogen) atoms. The number of fused-ring (bicyclic) bond motifs is 2. The second kappa shape index (κ2) is 7.40. The number of nitrogens with one attached hydrogen (secondary N) is 3. The average Bonchev–Trinajstić information content (AvgIpc) is 3.37. The number of aromatic amines is 2. The van der Waals surface area contributed by atoms with Crippen molar-refractivity contribution in [1.82, 2.24) is 24.7 Å². The largest absolute Gasteiger partial charge is 0.342 e. The minimum absolute atomic E-state index is 0.204. The first-order chi connectivity index (χ1) is 14.6. The van der Waals surface area contributed by atoms with Crippen LogP contribution in [0.4, 0.5) is 0 Å². The molecule has 0 saturated heterocycles. The van der Waals surface area contributed by atoms with E-state index in [9.17, 15) is 8.42 Å². The van der Waals surface area contributed by atoms with Gasteiger partial charge in [0.2, 0.25) is 10.0 Å². The van der Waals surface area contributed by atoms with E-state index >= 15 is 0 Å². The van der Waals surface area contributed by atoms with Crippen LogP contribution in [0.5, 0.6) is 0 Å². The number of para-hydroxylation sites is 4. The molecule has 0 aliphatic carbocycles. The van der Waals surface area contributed by atoms with Gasteiger partial charge in [-0.05, 0) is 36.4 Å². The van der Waals surface area contributed by atoms with Gasteiger partial charge >= 0.3 is 0 Å². The van der Waals surface area contributed by atoms with Crippen LogP contribution in [0.15, 0.2) is 83.8 Å². The van der Waals surface area contributed by atoms with Crippen molar-refractivity contribution in [2.24, 2.45) is 0 Å². The van der Waals surface area contributed by atoms with Crippen LogP contribution in [0.25, 0.3) is 22.1 Å². The number of hydrogen-bond donors (Lipinski definition) is 3. The average molecular weight is 417 g/mol. The van der Waals surface area contributed by atoms with Gasteiger partial charge in [0.05, 0.1) is 33.0 Å². The molecule has 150 valence electrons. The zero-order valence-electron chi connectivity index (χ0n) is 15.9. The Morgan fingerprint density at radius 2 is 1.37 bits per heavy atom. The lowest BCUT2D eigenvalue weighted by Gasteiger charge is -2.16.